The van der Waals surface area contributed by atoms with Gasteiger partial charge < -0.3 is 10.2 Å². The monoisotopic (exact) mass is 341 g/mol. The first-order chi connectivity index (χ1) is 11.4. The molecule has 0 bridgehead atoms. The number of hydrogen-bond acceptors (Lipinski definition) is 3. The van der Waals surface area contributed by atoms with Gasteiger partial charge in [-0.25, -0.2) is 4.39 Å². The smallest absolute Gasteiger partial charge is 0.266 e. The SMILES string of the molecule is CC(C)(O)C(C)(C)O.[B]c1ccc2ccn(C3=C=CC3)c(=O)c2c1F. The van der Waals surface area contributed by atoms with E-state index in [1.165, 1.54) is 10.6 Å². The summed E-state index contributed by atoms with van der Waals surface area (Å²) < 4.78 is 15.3. The van der Waals surface area contributed by atoms with Crippen molar-refractivity contribution in [2.75, 3.05) is 0 Å². The van der Waals surface area contributed by atoms with Gasteiger partial charge in [-0.1, -0.05) is 17.6 Å². The van der Waals surface area contributed by atoms with Crippen molar-refractivity contribution in [1.82, 2.24) is 4.57 Å². The number of aromatic nitrogens is 1. The van der Waals surface area contributed by atoms with E-state index in [0.717, 1.165) is 5.70 Å². The molecule has 130 valence electrons. The van der Waals surface area contributed by atoms with E-state index < -0.39 is 17.0 Å². The molecule has 0 aliphatic heterocycles. The Bertz CT molecular complexity index is 915. The number of halogens is 1. The molecular weight excluding hydrogens is 320 g/mol. The summed E-state index contributed by atoms with van der Waals surface area (Å²) in [4.78, 5) is 12.1. The number of benzene rings is 1. The van der Waals surface area contributed by atoms with Gasteiger partial charge in [0.25, 0.3) is 5.56 Å². The molecule has 6 heteroatoms. The predicted octanol–water partition coefficient (Wildman–Crippen LogP) is 1.86. The molecule has 3 rings (SSSR count). The highest BCUT2D eigenvalue weighted by Crippen LogP contribution is 2.19. The highest BCUT2D eigenvalue weighted by molar-refractivity contribution is 6.33. The van der Waals surface area contributed by atoms with Gasteiger partial charge in [0, 0.05) is 12.6 Å². The fourth-order valence-corrected chi connectivity index (χ4v) is 1.88. The van der Waals surface area contributed by atoms with Crippen molar-refractivity contribution in [3.8, 4) is 0 Å². The molecule has 0 unspecified atom stereocenters. The molecule has 4 nitrogen and oxygen atoms in total. The Kier molecular flexibility index (Phi) is 5.10. The molecule has 0 fully saturated rings. The fraction of sp³-hybridized carbons (Fsp3) is 0.368. The third-order valence-electron chi connectivity index (χ3n) is 4.39. The Balaban J connectivity index is 0.000000242. The Hall–Kier alpha value is -2.14. The molecule has 0 saturated heterocycles. The van der Waals surface area contributed by atoms with E-state index in [4.69, 9.17) is 18.1 Å². The van der Waals surface area contributed by atoms with E-state index in [-0.39, 0.29) is 16.4 Å². The topological polar surface area (TPSA) is 62.5 Å². The van der Waals surface area contributed by atoms with Crippen LogP contribution in [0.5, 0.6) is 0 Å². The molecule has 25 heavy (non-hydrogen) atoms. The zero-order chi connectivity index (χ0) is 19.0. The molecule has 2 radical (unpaired) electrons. The van der Waals surface area contributed by atoms with Crippen molar-refractivity contribution in [1.29, 1.82) is 0 Å². The van der Waals surface area contributed by atoms with Gasteiger partial charge in [-0.05, 0) is 45.2 Å². The van der Waals surface area contributed by atoms with Gasteiger partial charge in [0.2, 0.25) is 0 Å². The second kappa shape index (κ2) is 6.64. The van der Waals surface area contributed by atoms with Gasteiger partial charge in [0.15, 0.2) is 0 Å². The second-order valence-electron chi connectivity index (χ2n) is 7.04. The summed E-state index contributed by atoms with van der Waals surface area (Å²) in [5.74, 6) is -0.647. The number of hydrogen-bond donors (Lipinski definition) is 2. The number of nitrogens with zero attached hydrogens (tertiary/aromatic N) is 1. The van der Waals surface area contributed by atoms with E-state index in [1.54, 1.807) is 46.0 Å². The molecule has 0 saturated carbocycles. The molecule has 2 aromatic rings. The van der Waals surface area contributed by atoms with E-state index in [0.29, 0.717) is 11.8 Å². The van der Waals surface area contributed by atoms with Crippen LogP contribution >= 0.6 is 0 Å². The Morgan fingerprint density at radius 1 is 1.16 bits per heavy atom. The Labute approximate surface area is 147 Å². The number of allylic oxidation sites excluding steroid dienone is 1. The molecule has 0 atom stereocenters. The van der Waals surface area contributed by atoms with Gasteiger partial charge in [-0.2, -0.15) is 0 Å². The normalized spacial score (nSPS) is 13.8. The largest absolute Gasteiger partial charge is 0.387 e. The quantitative estimate of drug-likeness (QED) is 0.648. The summed E-state index contributed by atoms with van der Waals surface area (Å²) in [6.45, 7) is 6.31. The van der Waals surface area contributed by atoms with Crippen molar-refractivity contribution in [3.63, 3.8) is 0 Å². The lowest BCUT2D eigenvalue weighted by Gasteiger charge is -2.31. The van der Waals surface area contributed by atoms with Crippen molar-refractivity contribution in [2.24, 2.45) is 0 Å². The molecule has 0 spiro atoms. The van der Waals surface area contributed by atoms with Gasteiger partial charge >= 0.3 is 0 Å². The molecule has 0 amide bonds. The molecule has 1 aromatic heterocycles. The number of fused-ring (bicyclic) bond motifs is 1. The highest BCUT2D eigenvalue weighted by Gasteiger charge is 2.31. The van der Waals surface area contributed by atoms with Crippen LogP contribution in [0.4, 0.5) is 4.39 Å². The average Bonchev–Trinajstić information content (AvgIpc) is 2.42. The number of pyridine rings is 1. The van der Waals surface area contributed by atoms with Gasteiger partial charge in [-0.15, -0.1) is 5.73 Å². The van der Waals surface area contributed by atoms with Crippen LogP contribution in [0.1, 0.15) is 34.1 Å². The summed E-state index contributed by atoms with van der Waals surface area (Å²) >= 11 is 0. The lowest BCUT2D eigenvalue weighted by Crippen LogP contribution is -2.44. The summed E-state index contributed by atoms with van der Waals surface area (Å²) in [6, 6.07) is 4.81. The van der Waals surface area contributed by atoms with E-state index in [1.807, 2.05) is 6.08 Å². The zero-order valence-electron chi connectivity index (χ0n) is 14.8. The first kappa shape index (κ1) is 19.2. The van der Waals surface area contributed by atoms with Gasteiger partial charge in [0.1, 0.15) is 13.7 Å². The van der Waals surface area contributed by atoms with Crippen molar-refractivity contribution in [3.05, 3.63) is 52.4 Å². The van der Waals surface area contributed by atoms with Crippen LogP contribution < -0.4 is 11.0 Å². The van der Waals surface area contributed by atoms with Crippen molar-refractivity contribution < 1.29 is 14.6 Å². The van der Waals surface area contributed by atoms with Crippen LogP contribution in [0.3, 0.4) is 0 Å². The minimum atomic E-state index is -1.01. The van der Waals surface area contributed by atoms with Crippen LogP contribution in [-0.2, 0) is 0 Å². The standard InChI is InChI=1S/C13H7BFNO.C6H14O2/c14-10-5-4-8-6-7-16(9-2-1-3-9)13(17)11(8)12(10)15;1-5(2,7)6(3,4)8/h1,4-7H,2H2;7-8H,1-4H3. The molecular formula is C19H21BFNO3. The number of aliphatic hydroxyl groups is 2. The summed E-state index contributed by atoms with van der Waals surface area (Å²) in [5.41, 5.74) is 1.24. The molecule has 1 aromatic carbocycles. The summed E-state index contributed by atoms with van der Waals surface area (Å²) in [7, 11) is 5.48. The van der Waals surface area contributed by atoms with Crippen LogP contribution in [0, 0.1) is 5.82 Å². The van der Waals surface area contributed by atoms with Crippen LogP contribution in [0.25, 0.3) is 16.5 Å². The van der Waals surface area contributed by atoms with Crippen LogP contribution in [0.15, 0.2) is 41.0 Å². The number of rotatable bonds is 2. The Morgan fingerprint density at radius 2 is 1.72 bits per heavy atom. The maximum atomic E-state index is 13.8. The third kappa shape index (κ3) is 3.93. The lowest BCUT2D eigenvalue weighted by atomic mass is 9.90. The summed E-state index contributed by atoms with van der Waals surface area (Å²) in [5, 5.41) is 18.8. The maximum Gasteiger partial charge on any atom is 0.266 e. The zero-order valence-corrected chi connectivity index (χ0v) is 14.8. The summed E-state index contributed by atoms with van der Waals surface area (Å²) in [6.07, 6.45) is 4.13. The lowest BCUT2D eigenvalue weighted by molar-refractivity contribution is -0.107. The first-order valence-electron chi connectivity index (χ1n) is 7.92. The van der Waals surface area contributed by atoms with Crippen LogP contribution in [0.2, 0.25) is 0 Å². The minimum Gasteiger partial charge on any atom is -0.387 e. The van der Waals surface area contributed by atoms with Crippen molar-refractivity contribution >= 4 is 29.8 Å². The molecule has 2 N–H and O–H groups in total. The first-order valence-corrected chi connectivity index (χ1v) is 7.92. The van der Waals surface area contributed by atoms with E-state index >= 15 is 0 Å². The molecule has 1 aliphatic rings. The van der Waals surface area contributed by atoms with Crippen LogP contribution in [-0.4, -0.2) is 33.8 Å². The molecule has 1 aliphatic carbocycles. The van der Waals surface area contributed by atoms with Crippen molar-refractivity contribution in [2.45, 2.75) is 45.3 Å². The highest BCUT2D eigenvalue weighted by atomic mass is 19.1. The second-order valence-corrected chi connectivity index (χ2v) is 7.04. The maximum absolute atomic E-state index is 13.8. The average molecular weight is 341 g/mol. The fourth-order valence-electron chi connectivity index (χ4n) is 1.88. The minimum absolute atomic E-state index is 0.00881. The van der Waals surface area contributed by atoms with E-state index in [9.17, 15) is 9.18 Å². The predicted molar refractivity (Wildman–Crippen MR) is 98.6 cm³/mol. The van der Waals surface area contributed by atoms with Gasteiger partial charge in [-0.3, -0.25) is 9.36 Å². The molecule has 1 heterocycles. The van der Waals surface area contributed by atoms with Gasteiger partial charge in [0.05, 0.1) is 22.3 Å². The van der Waals surface area contributed by atoms with E-state index in [2.05, 4.69) is 5.73 Å². The Morgan fingerprint density at radius 3 is 2.16 bits per heavy atom. The third-order valence-corrected chi connectivity index (χ3v) is 4.39.